The molecule has 0 aliphatic rings. The third-order valence-corrected chi connectivity index (χ3v) is 11.2. The number of esters is 3. The second-order valence-corrected chi connectivity index (χ2v) is 17.4. The van der Waals surface area contributed by atoms with Crippen molar-refractivity contribution >= 4 is 17.9 Å². The zero-order valence-corrected chi connectivity index (χ0v) is 41.3. The quantitative estimate of drug-likeness (QED) is 0.0262. The highest BCUT2D eigenvalue weighted by Crippen LogP contribution is 2.15. The van der Waals surface area contributed by atoms with E-state index in [1.165, 1.54) is 116 Å². The molecule has 1 atom stereocenters. The predicted molar refractivity (Wildman–Crippen MR) is 270 cm³/mol. The smallest absolute Gasteiger partial charge is 0.306 e. The molecule has 0 aromatic carbocycles. The molecule has 362 valence electrons. The lowest BCUT2D eigenvalue weighted by molar-refractivity contribution is -0.167. The Morgan fingerprint density at radius 2 is 0.635 bits per heavy atom. The van der Waals surface area contributed by atoms with Gasteiger partial charge in [0.25, 0.3) is 0 Å². The second-order valence-electron chi connectivity index (χ2n) is 17.4. The lowest BCUT2D eigenvalue weighted by Crippen LogP contribution is -2.30. The summed E-state index contributed by atoms with van der Waals surface area (Å²) in [5.41, 5.74) is 0. The van der Waals surface area contributed by atoms with Crippen molar-refractivity contribution in [1.29, 1.82) is 0 Å². The van der Waals surface area contributed by atoms with Gasteiger partial charge in [-0.15, -0.1) is 0 Å². The number of hydrogen-bond acceptors (Lipinski definition) is 6. The summed E-state index contributed by atoms with van der Waals surface area (Å²) in [6, 6.07) is 0. The van der Waals surface area contributed by atoms with Crippen LogP contribution in [0.2, 0.25) is 0 Å². The Hall–Kier alpha value is -3.15. The van der Waals surface area contributed by atoms with Gasteiger partial charge in [-0.05, 0) is 83.5 Å². The largest absolute Gasteiger partial charge is 0.462 e. The number of rotatable bonds is 47. The summed E-state index contributed by atoms with van der Waals surface area (Å²) >= 11 is 0. The maximum absolute atomic E-state index is 12.8. The standard InChI is InChI=1S/C57H98O6/c1-4-7-10-13-16-19-22-25-27-28-30-32-35-38-41-44-47-50-56(59)62-53-54(52-61-55(58)49-46-43-40-37-34-31-24-21-18-15-12-9-6-3)63-57(60)51-48-45-42-39-36-33-29-26-23-20-17-14-11-8-5-2/h7,10,16,19,25-27,29-30,32,38,41,54H,4-6,8-9,11-15,17-18,20-24,28,31,33-37,39-40,42-53H2,1-3H3/b10-7-,19-16-,27-25-,29-26-,32-30-,41-38-/t54-/m1/s1. The van der Waals surface area contributed by atoms with E-state index in [-0.39, 0.29) is 37.5 Å². The van der Waals surface area contributed by atoms with Gasteiger partial charge in [-0.25, -0.2) is 0 Å². The van der Waals surface area contributed by atoms with Crippen LogP contribution in [-0.2, 0) is 28.6 Å². The average molecular weight is 879 g/mol. The molecule has 0 aromatic heterocycles. The maximum Gasteiger partial charge on any atom is 0.306 e. The Morgan fingerprint density at radius 3 is 1.05 bits per heavy atom. The highest BCUT2D eigenvalue weighted by molar-refractivity contribution is 5.71. The van der Waals surface area contributed by atoms with E-state index in [2.05, 4.69) is 93.7 Å². The third-order valence-electron chi connectivity index (χ3n) is 11.2. The molecule has 0 aliphatic heterocycles. The minimum absolute atomic E-state index is 0.0945. The average Bonchev–Trinajstić information content (AvgIpc) is 3.28. The lowest BCUT2D eigenvalue weighted by Gasteiger charge is -2.18. The molecule has 0 fully saturated rings. The van der Waals surface area contributed by atoms with Gasteiger partial charge >= 0.3 is 17.9 Å². The molecule has 0 unspecified atom stereocenters. The van der Waals surface area contributed by atoms with E-state index in [0.29, 0.717) is 19.3 Å². The summed E-state index contributed by atoms with van der Waals surface area (Å²) in [4.78, 5) is 38.0. The van der Waals surface area contributed by atoms with Crippen LogP contribution in [0.5, 0.6) is 0 Å². The molecule has 0 saturated heterocycles. The van der Waals surface area contributed by atoms with Crippen LogP contribution in [-0.4, -0.2) is 37.2 Å². The van der Waals surface area contributed by atoms with Gasteiger partial charge in [0, 0.05) is 19.3 Å². The number of unbranched alkanes of at least 4 members (excludes halogenated alkanes) is 24. The van der Waals surface area contributed by atoms with Gasteiger partial charge in [0.15, 0.2) is 6.10 Å². The molecule has 0 N–H and O–H groups in total. The predicted octanol–water partition coefficient (Wildman–Crippen LogP) is 17.4. The first-order valence-electron chi connectivity index (χ1n) is 26.4. The maximum atomic E-state index is 12.8. The minimum atomic E-state index is -0.800. The number of carbonyl (C=O) groups is 3. The number of allylic oxidation sites excluding steroid dienone is 12. The van der Waals surface area contributed by atoms with Gasteiger partial charge in [-0.1, -0.05) is 222 Å². The highest BCUT2D eigenvalue weighted by atomic mass is 16.6. The zero-order valence-electron chi connectivity index (χ0n) is 41.3. The first-order chi connectivity index (χ1) is 31.0. The van der Waals surface area contributed by atoms with E-state index in [9.17, 15) is 14.4 Å². The molecule has 6 nitrogen and oxygen atoms in total. The van der Waals surface area contributed by atoms with E-state index < -0.39 is 6.10 Å². The normalized spacial score (nSPS) is 12.6. The van der Waals surface area contributed by atoms with Crippen LogP contribution >= 0.6 is 0 Å². The van der Waals surface area contributed by atoms with Gasteiger partial charge in [0.05, 0.1) is 0 Å². The van der Waals surface area contributed by atoms with Crippen molar-refractivity contribution in [1.82, 2.24) is 0 Å². The van der Waals surface area contributed by atoms with E-state index >= 15 is 0 Å². The van der Waals surface area contributed by atoms with Gasteiger partial charge in [0.1, 0.15) is 13.2 Å². The molecular weight excluding hydrogens is 781 g/mol. The van der Waals surface area contributed by atoms with Crippen molar-refractivity contribution in [2.45, 2.75) is 258 Å². The van der Waals surface area contributed by atoms with Crippen LogP contribution in [0.1, 0.15) is 252 Å². The Balaban J connectivity index is 4.48. The Labute approximate surface area is 389 Å². The summed E-state index contributed by atoms with van der Waals surface area (Å²) in [7, 11) is 0. The second kappa shape index (κ2) is 51.5. The number of hydrogen-bond donors (Lipinski definition) is 0. The SMILES string of the molecule is CC/C=C\C/C=C\C/C=C\C/C=C\C/C=C\CCCC(=O)OC[C@@H](COC(=O)CCCCCCCCCCCCCCC)OC(=O)CCCCCCC/C=C\CCCCCCCC. The van der Waals surface area contributed by atoms with E-state index in [1.807, 2.05) is 0 Å². The van der Waals surface area contributed by atoms with Crippen LogP contribution in [0.3, 0.4) is 0 Å². The molecular formula is C57H98O6. The molecule has 0 heterocycles. The Morgan fingerprint density at radius 1 is 0.333 bits per heavy atom. The van der Waals surface area contributed by atoms with Crippen LogP contribution in [0.4, 0.5) is 0 Å². The molecule has 0 aliphatic carbocycles. The molecule has 0 bridgehead atoms. The third kappa shape index (κ3) is 49.7. The molecule has 0 rings (SSSR count). The Bertz CT molecular complexity index is 1190. The summed E-state index contributed by atoms with van der Waals surface area (Å²) in [6.45, 7) is 6.47. The number of ether oxygens (including phenoxy) is 3. The van der Waals surface area contributed by atoms with Gasteiger partial charge in [-0.2, -0.15) is 0 Å². The van der Waals surface area contributed by atoms with E-state index in [1.54, 1.807) is 0 Å². The summed E-state index contributed by atoms with van der Waals surface area (Å²) < 4.78 is 16.8. The minimum Gasteiger partial charge on any atom is -0.462 e. The molecule has 0 amide bonds. The van der Waals surface area contributed by atoms with Crippen LogP contribution < -0.4 is 0 Å². The summed E-state index contributed by atoms with van der Waals surface area (Å²) in [5, 5.41) is 0. The summed E-state index contributed by atoms with van der Waals surface area (Å²) in [5.74, 6) is -0.960. The van der Waals surface area contributed by atoms with E-state index in [4.69, 9.17) is 14.2 Å². The molecule has 0 aromatic rings. The fourth-order valence-electron chi connectivity index (χ4n) is 7.24. The van der Waals surface area contributed by atoms with Gasteiger partial charge < -0.3 is 14.2 Å². The number of carbonyl (C=O) groups excluding carboxylic acids is 3. The van der Waals surface area contributed by atoms with Crippen molar-refractivity contribution in [3.8, 4) is 0 Å². The van der Waals surface area contributed by atoms with Crippen LogP contribution in [0.25, 0.3) is 0 Å². The molecule has 0 spiro atoms. The lowest BCUT2D eigenvalue weighted by atomic mass is 10.0. The highest BCUT2D eigenvalue weighted by Gasteiger charge is 2.19. The van der Waals surface area contributed by atoms with Crippen LogP contribution in [0.15, 0.2) is 72.9 Å². The molecule has 63 heavy (non-hydrogen) atoms. The monoisotopic (exact) mass is 879 g/mol. The summed E-state index contributed by atoms with van der Waals surface area (Å²) in [6.07, 6.45) is 64.6. The first-order valence-corrected chi connectivity index (χ1v) is 26.4. The van der Waals surface area contributed by atoms with Crippen molar-refractivity contribution in [2.24, 2.45) is 0 Å². The molecule has 0 radical (unpaired) electrons. The fourth-order valence-corrected chi connectivity index (χ4v) is 7.24. The van der Waals surface area contributed by atoms with E-state index in [0.717, 1.165) is 89.9 Å². The van der Waals surface area contributed by atoms with Crippen molar-refractivity contribution in [3.05, 3.63) is 72.9 Å². The molecule has 6 heteroatoms. The fraction of sp³-hybridized carbons (Fsp3) is 0.737. The zero-order chi connectivity index (χ0) is 45.8. The van der Waals surface area contributed by atoms with Crippen molar-refractivity contribution < 1.29 is 28.6 Å². The Kier molecular flexibility index (Phi) is 48.9. The van der Waals surface area contributed by atoms with Crippen molar-refractivity contribution in [3.63, 3.8) is 0 Å². The van der Waals surface area contributed by atoms with Crippen molar-refractivity contribution in [2.75, 3.05) is 13.2 Å². The first kappa shape index (κ1) is 59.9. The van der Waals surface area contributed by atoms with Gasteiger partial charge in [0.2, 0.25) is 0 Å². The van der Waals surface area contributed by atoms with Crippen LogP contribution in [0, 0.1) is 0 Å². The van der Waals surface area contributed by atoms with Gasteiger partial charge in [-0.3, -0.25) is 14.4 Å². The molecule has 0 saturated carbocycles. The topological polar surface area (TPSA) is 78.9 Å².